The lowest BCUT2D eigenvalue weighted by Gasteiger charge is -2.15. The third-order valence-electron chi connectivity index (χ3n) is 4.67. The summed E-state index contributed by atoms with van der Waals surface area (Å²) in [5.41, 5.74) is 3.58. The topological polar surface area (TPSA) is 88.1 Å². The van der Waals surface area contributed by atoms with E-state index in [1.54, 1.807) is 45.0 Å². The molecule has 2 aromatic rings. The second-order valence-corrected chi connectivity index (χ2v) is 7.73. The van der Waals surface area contributed by atoms with Crippen molar-refractivity contribution in [1.29, 1.82) is 0 Å². The van der Waals surface area contributed by atoms with E-state index in [9.17, 15) is 14.4 Å². The van der Waals surface area contributed by atoms with Gasteiger partial charge in [-0.1, -0.05) is 37.9 Å². The lowest BCUT2D eigenvalue weighted by Crippen LogP contribution is -2.10. The number of benzene rings is 2. The second-order valence-electron chi connectivity index (χ2n) is 7.73. The monoisotopic (exact) mass is 464 g/mol. The van der Waals surface area contributed by atoms with Gasteiger partial charge in [0.2, 0.25) is 0 Å². The van der Waals surface area contributed by atoms with Crippen LogP contribution in [0.3, 0.4) is 0 Å². The van der Waals surface area contributed by atoms with Crippen LogP contribution in [0.25, 0.3) is 11.1 Å². The van der Waals surface area contributed by atoms with Crippen LogP contribution in [-0.2, 0) is 37.1 Å². The number of carbonyl (C=O) groups excluding carboxylic acids is 3. The fraction of sp³-hybridized carbons (Fsp3) is 0.222. The smallest absolute Gasteiger partial charge is 0.338 e. The van der Waals surface area contributed by atoms with Crippen molar-refractivity contribution >= 4 is 17.9 Å². The van der Waals surface area contributed by atoms with Crippen molar-refractivity contribution in [2.45, 2.75) is 34.0 Å². The predicted octanol–water partition coefficient (Wildman–Crippen LogP) is 5.08. The van der Waals surface area contributed by atoms with Gasteiger partial charge in [-0.3, -0.25) is 0 Å². The van der Waals surface area contributed by atoms with E-state index >= 15 is 0 Å². The van der Waals surface area contributed by atoms with E-state index in [-0.39, 0.29) is 35.7 Å². The molecule has 0 N–H and O–H groups in total. The minimum absolute atomic E-state index is 0.0178. The number of hydrogen-bond acceptors (Lipinski definition) is 7. The van der Waals surface area contributed by atoms with E-state index in [1.807, 2.05) is 12.1 Å². The molecule has 0 heterocycles. The van der Waals surface area contributed by atoms with Gasteiger partial charge in [0.05, 0.1) is 7.11 Å². The average molecular weight is 465 g/mol. The Labute approximate surface area is 199 Å². The van der Waals surface area contributed by atoms with Crippen LogP contribution >= 0.6 is 0 Å². The number of rotatable bonds is 10. The molecule has 7 nitrogen and oxygen atoms in total. The standard InChI is InChI=1S/C27H28O7/c1-16(2)25(28)32-14-21-9-8-19(12-22(21)15-33-26(29)17(3)4)20-10-11-23(31-7)24(13-20)34-27(30)18(5)6/h8-13H,1,3,5,14-15H2,2,4,6-7H3. The molecule has 7 heteroatoms. The first-order chi connectivity index (χ1) is 16.0. The third kappa shape index (κ3) is 6.93. The molecular weight excluding hydrogens is 436 g/mol. The fourth-order valence-corrected chi connectivity index (χ4v) is 2.74. The number of ether oxygens (including phenoxy) is 4. The minimum atomic E-state index is -0.572. The maximum atomic E-state index is 12.0. The summed E-state index contributed by atoms with van der Waals surface area (Å²) in [5, 5.41) is 0. The molecule has 0 atom stereocenters. The highest BCUT2D eigenvalue weighted by Crippen LogP contribution is 2.34. The van der Waals surface area contributed by atoms with Crippen LogP contribution in [0.4, 0.5) is 0 Å². The number of esters is 3. The van der Waals surface area contributed by atoms with Gasteiger partial charge in [-0.25, -0.2) is 14.4 Å². The van der Waals surface area contributed by atoms with E-state index in [0.717, 1.165) is 11.1 Å². The zero-order valence-electron chi connectivity index (χ0n) is 19.9. The normalized spacial score (nSPS) is 10.1. The zero-order chi connectivity index (χ0) is 25.4. The van der Waals surface area contributed by atoms with Gasteiger partial charge in [-0.05, 0) is 61.2 Å². The van der Waals surface area contributed by atoms with E-state index in [2.05, 4.69) is 19.7 Å². The molecule has 0 aliphatic carbocycles. The lowest BCUT2D eigenvalue weighted by atomic mass is 9.99. The van der Waals surface area contributed by atoms with Gasteiger partial charge in [0.15, 0.2) is 11.5 Å². The summed E-state index contributed by atoms with van der Waals surface area (Å²) in [4.78, 5) is 35.8. The quantitative estimate of drug-likeness (QED) is 0.275. The van der Waals surface area contributed by atoms with Crippen LogP contribution < -0.4 is 9.47 Å². The number of hydrogen-bond donors (Lipinski definition) is 0. The van der Waals surface area contributed by atoms with Gasteiger partial charge >= 0.3 is 17.9 Å². The molecule has 0 aliphatic rings. The fourth-order valence-electron chi connectivity index (χ4n) is 2.74. The Hall–Kier alpha value is -4.13. The van der Waals surface area contributed by atoms with Gasteiger partial charge in [0.25, 0.3) is 0 Å². The van der Waals surface area contributed by atoms with Crippen molar-refractivity contribution in [1.82, 2.24) is 0 Å². The average Bonchev–Trinajstić information content (AvgIpc) is 2.80. The Kier molecular flexibility index (Phi) is 8.95. The molecule has 0 aliphatic heterocycles. The first-order valence-corrected chi connectivity index (χ1v) is 10.4. The van der Waals surface area contributed by atoms with Gasteiger partial charge in [-0.2, -0.15) is 0 Å². The van der Waals surface area contributed by atoms with Crippen LogP contribution in [0, 0.1) is 0 Å². The molecule has 178 valence electrons. The van der Waals surface area contributed by atoms with Gasteiger partial charge in [0.1, 0.15) is 13.2 Å². The summed E-state index contributed by atoms with van der Waals surface area (Å²) >= 11 is 0. The molecule has 0 unspecified atom stereocenters. The first-order valence-electron chi connectivity index (χ1n) is 10.4. The molecule has 0 spiro atoms. The molecular formula is C27H28O7. The lowest BCUT2D eigenvalue weighted by molar-refractivity contribution is -0.141. The summed E-state index contributed by atoms with van der Waals surface area (Å²) in [5.74, 6) is -1.00. The largest absolute Gasteiger partial charge is 0.493 e. The molecule has 0 fully saturated rings. The zero-order valence-corrected chi connectivity index (χ0v) is 19.9. The molecule has 2 rings (SSSR count). The molecule has 0 radical (unpaired) electrons. The van der Waals surface area contributed by atoms with Crippen LogP contribution in [0.1, 0.15) is 31.9 Å². The molecule has 0 amide bonds. The summed E-state index contributed by atoms with van der Waals surface area (Å²) in [6.45, 7) is 15.3. The predicted molar refractivity (Wildman–Crippen MR) is 128 cm³/mol. The Morgan fingerprint density at radius 3 is 1.71 bits per heavy atom. The highest BCUT2D eigenvalue weighted by atomic mass is 16.6. The molecule has 0 aromatic heterocycles. The van der Waals surface area contributed by atoms with E-state index in [1.165, 1.54) is 7.11 Å². The summed E-state index contributed by atoms with van der Waals surface area (Å²) in [6, 6.07) is 10.5. The van der Waals surface area contributed by atoms with Crippen LogP contribution in [0.2, 0.25) is 0 Å². The van der Waals surface area contributed by atoms with E-state index in [4.69, 9.17) is 18.9 Å². The van der Waals surface area contributed by atoms with Crippen molar-refractivity contribution in [3.63, 3.8) is 0 Å². The number of methoxy groups -OCH3 is 1. The van der Waals surface area contributed by atoms with Crippen LogP contribution in [0.15, 0.2) is 72.9 Å². The molecule has 0 saturated carbocycles. The first kappa shape index (κ1) is 26.1. The van der Waals surface area contributed by atoms with Crippen molar-refractivity contribution in [3.05, 3.63) is 84.0 Å². The third-order valence-corrected chi connectivity index (χ3v) is 4.67. The molecule has 2 aromatic carbocycles. The summed E-state index contributed by atoms with van der Waals surface area (Å²) < 4.78 is 21.3. The van der Waals surface area contributed by atoms with E-state index in [0.29, 0.717) is 16.9 Å². The Balaban J connectivity index is 2.43. The van der Waals surface area contributed by atoms with Crippen LogP contribution in [-0.4, -0.2) is 25.0 Å². The highest BCUT2D eigenvalue weighted by molar-refractivity contribution is 5.89. The highest BCUT2D eigenvalue weighted by Gasteiger charge is 2.15. The van der Waals surface area contributed by atoms with Gasteiger partial charge < -0.3 is 18.9 Å². The van der Waals surface area contributed by atoms with Gasteiger partial charge in [-0.15, -0.1) is 0 Å². The second kappa shape index (κ2) is 11.7. The summed E-state index contributed by atoms with van der Waals surface area (Å²) in [6.07, 6.45) is 0. The Bertz CT molecular complexity index is 1160. The molecule has 34 heavy (non-hydrogen) atoms. The maximum absolute atomic E-state index is 12.0. The molecule has 0 saturated heterocycles. The van der Waals surface area contributed by atoms with Crippen LogP contribution in [0.5, 0.6) is 11.5 Å². The van der Waals surface area contributed by atoms with Crippen molar-refractivity contribution in [3.8, 4) is 22.6 Å². The van der Waals surface area contributed by atoms with Crippen molar-refractivity contribution < 1.29 is 33.3 Å². The Morgan fingerprint density at radius 1 is 0.676 bits per heavy atom. The minimum Gasteiger partial charge on any atom is -0.493 e. The maximum Gasteiger partial charge on any atom is 0.338 e. The van der Waals surface area contributed by atoms with E-state index < -0.39 is 17.9 Å². The number of carbonyl (C=O) groups is 3. The Morgan fingerprint density at radius 2 is 1.18 bits per heavy atom. The van der Waals surface area contributed by atoms with Crippen molar-refractivity contribution in [2.75, 3.05) is 7.11 Å². The summed E-state index contributed by atoms with van der Waals surface area (Å²) in [7, 11) is 1.47. The molecule has 0 bridgehead atoms. The van der Waals surface area contributed by atoms with Crippen molar-refractivity contribution in [2.24, 2.45) is 0 Å². The van der Waals surface area contributed by atoms with Gasteiger partial charge in [0, 0.05) is 16.7 Å². The SMILES string of the molecule is C=C(C)C(=O)OCc1ccc(-c2ccc(OC)c(OC(=O)C(=C)C)c2)cc1COC(=O)C(=C)C.